The molecule has 0 aliphatic rings. The minimum atomic E-state index is -3.65. The molecule has 0 aliphatic carbocycles. The molecule has 2 rings (SSSR count). The third-order valence-electron chi connectivity index (χ3n) is 2.96. The van der Waals surface area contributed by atoms with Gasteiger partial charge in [0.15, 0.2) is 0 Å². The Morgan fingerprint density at radius 1 is 1.33 bits per heavy atom. The van der Waals surface area contributed by atoms with Gasteiger partial charge in [0.1, 0.15) is 4.90 Å². The Labute approximate surface area is 127 Å². The predicted molar refractivity (Wildman–Crippen MR) is 82.4 cm³/mol. The van der Waals surface area contributed by atoms with Crippen LogP contribution in [0.2, 0.25) is 0 Å². The summed E-state index contributed by atoms with van der Waals surface area (Å²) in [5.41, 5.74) is 1.95. The number of hydrogen-bond acceptors (Lipinski definition) is 7. The molecule has 21 heavy (non-hydrogen) atoms. The summed E-state index contributed by atoms with van der Waals surface area (Å²) in [4.78, 5) is 8.71. The molecular weight excluding hydrogens is 310 g/mol. The number of nitrogens with two attached hydrogens (primary N) is 1. The summed E-state index contributed by atoms with van der Waals surface area (Å²) in [5.74, 6) is 5.30. The Balaban J connectivity index is 2.10. The number of thiophene rings is 1. The average Bonchev–Trinajstić information content (AvgIpc) is 3.01. The van der Waals surface area contributed by atoms with Gasteiger partial charge in [-0.15, -0.1) is 11.3 Å². The Morgan fingerprint density at radius 3 is 2.52 bits per heavy atom. The van der Waals surface area contributed by atoms with Crippen molar-refractivity contribution in [2.75, 3.05) is 12.0 Å². The maximum Gasteiger partial charge on any atom is 0.243 e. The van der Waals surface area contributed by atoms with Gasteiger partial charge in [0.25, 0.3) is 0 Å². The lowest BCUT2D eigenvalue weighted by atomic mass is 9.92. The second-order valence-corrected chi connectivity index (χ2v) is 7.79. The van der Waals surface area contributed by atoms with E-state index in [1.165, 1.54) is 12.4 Å². The lowest BCUT2D eigenvalue weighted by molar-refractivity contribution is 0.509. The largest absolute Gasteiger partial charge is 0.292 e. The Hall–Kier alpha value is -1.55. The summed E-state index contributed by atoms with van der Waals surface area (Å²) in [5, 5.41) is 1.97. The minimum absolute atomic E-state index is 0.00322. The van der Waals surface area contributed by atoms with Crippen LogP contribution >= 0.6 is 11.3 Å². The summed E-state index contributed by atoms with van der Waals surface area (Å²) in [6.45, 7) is 4.26. The Kier molecular flexibility index (Phi) is 4.57. The van der Waals surface area contributed by atoms with Gasteiger partial charge in [-0.2, -0.15) is 0 Å². The highest BCUT2D eigenvalue weighted by molar-refractivity contribution is 7.89. The number of anilines is 1. The first kappa shape index (κ1) is 15.8. The summed E-state index contributed by atoms with van der Waals surface area (Å²) >= 11 is 1.60. The van der Waals surface area contributed by atoms with E-state index in [-0.39, 0.29) is 22.8 Å². The molecular formula is C12H17N5O2S2. The average molecular weight is 327 g/mol. The van der Waals surface area contributed by atoms with Crippen molar-refractivity contribution in [1.29, 1.82) is 0 Å². The van der Waals surface area contributed by atoms with Crippen molar-refractivity contribution in [1.82, 2.24) is 14.7 Å². The van der Waals surface area contributed by atoms with Crippen LogP contribution in [0.3, 0.4) is 0 Å². The number of sulfonamides is 1. The second-order valence-electron chi connectivity index (χ2n) is 5.07. The molecule has 0 spiro atoms. The second kappa shape index (κ2) is 6.06. The molecule has 0 unspecified atom stereocenters. The number of nitrogens with one attached hydrogen (secondary N) is 2. The van der Waals surface area contributed by atoms with Crippen molar-refractivity contribution in [3.8, 4) is 0 Å². The third-order valence-corrected chi connectivity index (χ3v) is 5.55. The molecule has 7 nitrogen and oxygen atoms in total. The zero-order valence-electron chi connectivity index (χ0n) is 11.7. The lowest BCUT2D eigenvalue weighted by Gasteiger charge is -2.23. The SMILES string of the molecule is CC(C)(CNS(=O)(=O)c1cnc(NN)nc1)c1cccs1. The summed E-state index contributed by atoms with van der Waals surface area (Å²) in [6.07, 6.45) is 2.42. The van der Waals surface area contributed by atoms with Crippen molar-refractivity contribution in [2.24, 2.45) is 5.84 Å². The van der Waals surface area contributed by atoms with Crippen LogP contribution < -0.4 is 16.0 Å². The Morgan fingerprint density at radius 2 is 2.00 bits per heavy atom. The van der Waals surface area contributed by atoms with Crippen LogP contribution in [-0.2, 0) is 15.4 Å². The predicted octanol–water partition coefficient (Wildman–Crippen LogP) is 1.08. The molecule has 0 fully saturated rings. The van der Waals surface area contributed by atoms with Crippen LogP contribution in [0.25, 0.3) is 0 Å². The molecule has 0 amide bonds. The van der Waals surface area contributed by atoms with E-state index in [0.29, 0.717) is 0 Å². The highest BCUT2D eigenvalue weighted by Crippen LogP contribution is 2.27. The van der Waals surface area contributed by atoms with Crippen molar-refractivity contribution in [3.63, 3.8) is 0 Å². The molecule has 2 heterocycles. The van der Waals surface area contributed by atoms with Gasteiger partial charge in [-0.25, -0.2) is 29.0 Å². The van der Waals surface area contributed by atoms with Gasteiger partial charge in [-0.3, -0.25) is 5.43 Å². The van der Waals surface area contributed by atoms with Crippen LogP contribution in [0.15, 0.2) is 34.8 Å². The molecule has 0 aliphatic heterocycles. The van der Waals surface area contributed by atoms with E-state index in [9.17, 15) is 8.42 Å². The molecule has 9 heteroatoms. The first-order valence-electron chi connectivity index (χ1n) is 6.17. The number of rotatable bonds is 6. The number of aromatic nitrogens is 2. The first-order valence-corrected chi connectivity index (χ1v) is 8.54. The van der Waals surface area contributed by atoms with E-state index < -0.39 is 10.0 Å². The molecule has 0 aromatic carbocycles. The van der Waals surface area contributed by atoms with Crippen molar-refractivity contribution < 1.29 is 8.42 Å². The summed E-state index contributed by atoms with van der Waals surface area (Å²) < 4.78 is 27.0. The quantitative estimate of drug-likeness (QED) is 0.541. The van der Waals surface area contributed by atoms with Gasteiger partial charge in [0.05, 0.1) is 12.4 Å². The van der Waals surface area contributed by atoms with Crippen LogP contribution in [0, 0.1) is 0 Å². The maximum atomic E-state index is 12.2. The van der Waals surface area contributed by atoms with E-state index in [1.807, 2.05) is 31.4 Å². The maximum absolute atomic E-state index is 12.2. The number of nitrogens with zero attached hydrogens (tertiary/aromatic N) is 2. The third kappa shape index (κ3) is 3.76. The zero-order chi connectivity index (χ0) is 15.5. The summed E-state index contributed by atoms with van der Waals surface area (Å²) in [7, 11) is -3.65. The van der Waals surface area contributed by atoms with E-state index in [1.54, 1.807) is 11.3 Å². The number of nitrogen functional groups attached to an aromatic ring is 1. The molecule has 0 atom stereocenters. The van der Waals surface area contributed by atoms with Gasteiger partial charge < -0.3 is 0 Å². The molecule has 0 bridgehead atoms. The molecule has 0 radical (unpaired) electrons. The fourth-order valence-corrected chi connectivity index (χ4v) is 3.59. The zero-order valence-corrected chi connectivity index (χ0v) is 13.3. The fraction of sp³-hybridized carbons (Fsp3) is 0.333. The number of hydrazine groups is 1. The van der Waals surface area contributed by atoms with Crippen LogP contribution in [-0.4, -0.2) is 24.9 Å². The highest BCUT2D eigenvalue weighted by Gasteiger charge is 2.25. The topological polar surface area (TPSA) is 110 Å². The molecule has 114 valence electrons. The molecule has 0 saturated heterocycles. The van der Waals surface area contributed by atoms with E-state index in [4.69, 9.17) is 5.84 Å². The fourth-order valence-electron chi connectivity index (χ4n) is 1.64. The van der Waals surface area contributed by atoms with E-state index in [2.05, 4.69) is 20.1 Å². The van der Waals surface area contributed by atoms with Crippen molar-refractivity contribution in [2.45, 2.75) is 24.2 Å². The Bertz CT molecular complexity index is 681. The standard InChI is InChI=1S/C12H17N5O2S2/c1-12(2,10-4-3-5-20-10)8-16-21(18,19)9-6-14-11(17-13)15-7-9/h3-7,16H,8,13H2,1-2H3,(H,14,15,17). The normalized spacial score (nSPS) is 12.3. The molecule has 2 aromatic rings. The highest BCUT2D eigenvalue weighted by atomic mass is 32.2. The number of hydrogen-bond donors (Lipinski definition) is 3. The van der Waals surface area contributed by atoms with Gasteiger partial charge >= 0.3 is 0 Å². The van der Waals surface area contributed by atoms with Gasteiger partial charge in [0.2, 0.25) is 16.0 Å². The minimum Gasteiger partial charge on any atom is -0.292 e. The van der Waals surface area contributed by atoms with Crippen molar-refractivity contribution >= 4 is 27.3 Å². The molecule has 0 saturated carbocycles. The van der Waals surface area contributed by atoms with Crippen molar-refractivity contribution in [3.05, 3.63) is 34.8 Å². The van der Waals surface area contributed by atoms with Crippen LogP contribution in [0.5, 0.6) is 0 Å². The first-order chi connectivity index (χ1) is 9.85. The summed E-state index contributed by atoms with van der Waals surface area (Å²) in [6, 6.07) is 3.94. The smallest absolute Gasteiger partial charge is 0.243 e. The van der Waals surface area contributed by atoms with E-state index in [0.717, 1.165) is 4.88 Å². The van der Waals surface area contributed by atoms with Gasteiger partial charge in [0, 0.05) is 16.8 Å². The molecule has 4 N–H and O–H groups in total. The van der Waals surface area contributed by atoms with Crippen LogP contribution in [0.4, 0.5) is 5.95 Å². The van der Waals surface area contributed by atoms with Crippen LogP contribution in [0.1, 0.15) is 18.7 Å². The monoisotopic (exact) mass is 327 g/mol. The van der Waals surface area contributed by atoms with E-state index >= 15 is 0 Å². The van der Waals surface area contributed by atoms with Gasteiger partial charge in [-0.1, -0.05) is 19.9 Å². The molecule has 2 aromatic heterocycles. The lowest BCUT2D eigenvalue weighted by Crippen LogP contribution is -2.36. The van der Waals surface area contributed by atoms with Gasteiger partial charge in [-0.05, 0) is 11.4 Å².